The van der Waals surface area contributed by atoms with Crippen LogP contribution < -0.4 is 10.6 Å². The van der Waals surface area contributed by atoms with Crippen LogP contribution in [0.5, 0.6) is 0 Å². The lowest BCUT2D eigenvalue weighted by atomic mass is 10.0. The number of likely N-dealkylation sites (tertiary alicyclic amines) is 1. The van der Waals surface area contributed by atoms with Gasteiger partial charge in [-0.15, -0.1) is 0 Å². The molecule has 1 aliphatic heterocycles. The maximum Gasteiger partial charge on any atom is 0.252 e. The number of rotatable bonds is 6. The molecule has 0 spiro atoms. The second-order valence-corrected chi connectivity index (χ2v) is 8.76. The van der Waals surface area contributed by atoms with Crippen molar-refractivity contribution in [3.8, 4) is 0 Å². The van der Waals surface area contributed by atoms with Crippen molar-refractivity contribution in [3.05, 3.63) is 71.3 Å². The zero-order valence-electron chi connectivity index (χ0n) is 17.8. The van der Waals surface area contributed by atoms with Gasteiger partial charge in [0.25, 0.3) is 5.91 Å². The quantitative estimate of drug-likeness (QED) is 0.598. The molecule has 1 saturated heterocycles. The Balaban J connectivity index is 1.25. The molecule has 32 heavy (non-hydrogen) atoms. The minimum atomic E-state index is -0.815. The van der Waals surface area contributed by atoms with Gasteiger partial charge < -0.3 is 10.6 Å². The molecule has 2 N–H and O–H groups in total. The summed E-state index contributed by atoms with van der Waals surface area (Å²) >= 11 is 0. The van der Waals surface area contributed by atoms with E-state index in [-0.39, 0.29) is 11.9 Å². The highest BCUT2D eigenvalue weighted by atomic mass is 19.2. The molecule has 2 aliphatic rings. The van der Waals surface area contributed by atoms with E-state index in [9.17, 15) is 13.6 Å². The third-order valence-electron chi connectivity index (χ3n) is 6.20. The average Bonchev–Trinajstić information content (AvgIpc) is 3.61. The number of nitrogens with zero attached hydrogens (tertiary/aromatic N) is 2. The minimum absolute atomic E-state index is 0.0458. The van der Waals surface area contributed by atoms with Crippen LogP contribution in [-0.4, -0.2) is 41.0 Å². The molecule has 3 aromatic rings. The third kappa shape index (κ3) is 4.72. The number of amides is 1. The van der Waals surface area contributed by atoms with Gasteiger partial charge in [-0.05, 0) is 55.5 Å². The van der Waals surface area contributed by atoms with E-state index in [1.54, 1.807) is 6.07 Å². The number of benzene rings is 2. The molecule has 1 aliphatic carbocycles. The molecule has 1 aromatic heterocycles. The Morgan fingerprint density at radius 1 is 0.969 bits per heavy atom. The Labute approximate surface area is 185 Å². The van der Waals surface area contributed by atoms with Crippen LogP contribution in [0.2, 0.25) is 0 Å². The maximum absolute atomic E-state index is 13.5. The van der Waals surface area contributed by atoms with Crippen LogP contribution in [0.1, 0.15) is 41.6 Å². The molecule has 0 bridgehead atoms. The van der Waals surface area contributed by atoms with E-state index in [4.69, 9.17) is 4.98 Å². The highest BCUT2D eigenvalue weighted by Gasteiger charge is 2.25. The van der Waals surface area contributed by atoms with E-state index in [1.165, 1.54) is 12.1 Å². The maximum atomic E-state index is 13.5. The molecule has 0 atom stereocenters. The first-order chi connectivity index (χ1) is 15.5. The van der Waals surface area contributed by atoms with E-state index in [1.807, 2.05) is 30.3 Å². The number of anilines is 1. The van der Waals surface area contributed by atoms with Crippen LogP contribution in [0.25, 0.3) is 10.9 Å². The van der Waals surface area contributed by atoms with Crippen molar-refractivity contribution < 1.29 is 13.6 Å². The SMILES string of the molecule is O=C(NC1CC1)c1cc(NC2CCN(Cc3ccc(F)c(F)c3)CC2)nc2ccccc12. The molecular formula is C25H26F2N4O. The molecule has 2 aromatic carbocycles. The summed E-state index contributed by atoms with van der Waals surface area (Å²) in [6.45, 7) is 2.29. The van der Waals surface area contributed by atoms with Crippen molar-refractivity contribution in [1.82, 2.24) is 15.2 Å². The molecule has 0 radical (unpaired) electrons. The molecule has 7 heteroatoms. The van der Waals surface area contributed by atoms with Crippen molar-refractivity contribution in [2.24, 2.45) is 0 Å². The van der Waals surface area contributed by atoms with Crippen molar-refractivity contribution in [1.29, 1.82) is 0 Å². The molecule has 5 nitrogen and oxygen atoms in total. The zero-order valence-corrected chi connectivity index (χ0v) is 17.8. The summed E-state index contributed by atoms with van der Waals surface area (Å²) in [7, 11) is 0. The van der Waals surface area contributed by atoms with Crippen LogP contribution >= 0.6 is 0 Å². The molecule has 1 saturated carbocycles. The number of nitrogens with one attached hydrogen (secondary N) is 2. The normalized spacial score (nSPS) is 17.4. The Morgan fingerprint density at radius 2 is 1.75 bits per heavy atom. The standard InChI is InChI=1S/C25H26F2N4O/c26-21-8-5-16(13-22(21)27)15-31-11-9-18(10-12-31)28-24-14-20(25(32)29-17-6-7-17)19-3-1-2-4-23(19)30-24/h1-5,8,13-14,17-18H,6-7,9-12,15H2,(H,28,30)(H,29,32). The Hall–Kier alpha value is -3.06. The van der Waals surface area contributed by atoms with Gasteiger partial charge in [0, 0.05) is 37.1 Å². The minimum Gasteiger partial charge on any atom is -0.367 e. The van der Waals surface area contributed by atoms with Gasteiger partial charge in [0.1, 0.15) is 5.82 Å². The number of aromatic nitrogens is 1. The van der Waals surface area contributed by atoms with Gasteiger partial charge in [0.05, 0.1) is 11.1 Å². The lowest BCUT2D eigenvalue weighted by Crippen LogP contribution is -2.38. The Kier molecular flexibility index (Phi) is 5.74. The second-order valence-electron chi connectivity index (χ2n) is 8.76. The largest absolute Gasteiger partial charge is 0.367 e. The summed E-state index contributed by atoms with van der Waals surface area (Å²) in [6.07, 6.45) is 3.90. The fourth-order valence-corrected chi connectivity index (χ4v) is 4.27. The van der Waals surface area contributed by atoms with E-state index in [0.717, 1.165) is 55.2 Å². The van der Waals surface area contributed by atoms with Gasteiger partial charge in [-0.3, -0.25) is 9.69 Å². The molecular weight excluding hydrogens is 410 g/mol. The first kappa shape index (κ1) is 20.8. The first-order valence-electron chi connectivity index (χ1n) is 11.2. The van der Waals surface area contributed by atoms with Gasteiger partial charge in [-0.1, -0.05) is 24.3 Å². The van der Waals surface area contributed by atoms with Crippen molar-refractivity contribution in [2.45, 2.75) is 44.3 Å². The van der Waals surface area contributed by atoms with E-state index in [2.05, 4.69) is 15.5 Å². The number of carbonyl (C=O) groups is 1. The number of piperidine rings is 1. The summed E-state index contributed by atoms with van der Waals surface area (Å²) in [5.41, 5.74) is 2.23. The molecule has 5 rings (SSSR count). The van der Waals surface area contributed by atoms with Crippen molar-refractivity contribution in [2.75, 3.05) is 18.4 Å². The number of hydrogen-bond acceptors (Lipinski definition) is 4. The van der Waals surface area contributed by atoms with Gasteiger partial charge in [0.15, 0.2) is 11.6 Å². The highest BCUT2D eigenvalue weighted by Crippen LogP contribution is 2.25. The lowest BCUT2D eigenvalue weighted by molar-refractivity contribution is 0.0952. The van der Waals surface area contributed by atoms with Gasteiger partial charge in [-0.25, -0.2) is 13.8 Å². The summed E-state index contributed by atoms with van der Waals surface area (Å²) in [6, 6.07) is 14.2. The third-order valence-corrected chi connectivity index (χ3v) is 6.20. The first-order valence-corrected chi connectivity index (χ1v) is 11.2. The number of fused-ring (bicyclic) bond motifs is 1. The van der Waals surface area contributed by atoms with Crippen LogP contribution in [0.3, 0.4) is 0 Å². The van der Waals surface area contributed by atoms with Gasteiger partial charge in [0.2, 0.25) is 0 Å². The Bertz CT molecular complexity index is 1140. The zero-order chi connectivity index (χ0) is 22.1. The summed E-state index contributed by atoms with van der Waals surface area (Å²) in [4.78, 5) is 19.8. The Morgan fingerprint density at radius 3 is 2.50 bits per heavy atom. The molecule has 2 fully saturated rings. The lowest BCUT2D eigenvalue weighted by Gasteiger charge is -2.32. The molecule has 1 amide bonds. The summed E-state index contributed by atoms with van der Waals surface area (Å²) in [5.74, 6) is -0.952. The smallest absolute Gasteiger partial charge is 0.252 e. The number of halogens is 2. The summed E-state index contributed by atoms with van der Waals surface area (Å²) < 4.78 is 26.6. The fourth-order valence-electron chi connectivity index (χ4n) is 4.27. The van der Waals surface area contributed by atoms with E-state index >= 15 is 0 Å². The van der Waals surface area contributed by atoms with Crippen molar-refractivity contribution >= 4 is 22.6 Å². The van der Waals surface area contributed by atoms with E-state index < -0.39 is 11.6 Å². The van der Waals surface area contributed by atoms with Crippen LogP contribution in [0, 0.1) is 11.6 Å². The monoisotopic (exact) mass is 436 g/mol. The molecule has 166 valence electrons. The van der Waals surface area contributed by atoms with Crippen LogP contribution in [-0.2, 0) is 6.54 Å². The predicted octanol–water partition coefficient (Wildman–Crippen LogP) is 4.48. The number of hydrogen-bond donors (Lipinski definition) is 2. The molecule has 2 heterocycles. The second kappa shape index (κ2) is 8.82. The fraction of sp³-hybridized carbons (Fsp3) is 0.360. The van der Waals surface area contributed by atoms with Gasteiger partial charge >= 0.3 is 0 Å². The van der Waals surface area contributed by atoms with Gasteiger partial charge in [-0.2, -0.15) is 0 Å². The van der Waals surface area contributed by atoms with Crippen molar-refractivity contribution in [3.63, 3.8) is 0 Å². The molecule has 0 unspecified atom stereocenters. The number of carbonyl (C=O) groups excluding carboxylic acids is 1. The predicted molar refractivity (Wildman–Crippen MR) is 121 cm³/mol. The topological polar surface area (TPSA) is 57.3 Å². The highest BCUT2D eigenvalue weighted by molar-refractivity contribution is 6.07. The van der Waals surface area contributed by atoms with E-state index in [0.29, 0.717) is 24.0 Å². The number of para-hydroxylation sites is 1. The average molecular weight is 437 g/mol. The van der Waals surface area contributed by atoms with Crippen LogP contribution in [0.15, 0.2) is 48.5 Å². The van der Waals surface area contributed by atoms with Crippen LogP contribution in [0.4, 0.5) is 14.6 Å². The summed E-state index contributed by atoms with van der Waals surface area (Å²) in [5, 5.41) is 7.45. The number of pyridine rings is 1.